The summed E-state index contributed by atoms with van der Waals surface area (Å²) >= 11 is 0. The lowest BCUT2D eigenvalue weighted by atomic mass is 9.60. The maximum Gasteiger partial charge on any atom is 0.242 e. The smallest absolute Gasteiger partial charge is 0.242 e. The van der Waals surface area contributed by atoms with E-state index in [0.717, 1.165) is 9.80 Å². The number of hydrogen-bond acceptors (Lipinski definition) is 6. The Balaban J connectivity index is 1.78. The molecular formula is C15H30N2O6+2. The number of rotatable bonds is 5. The van der Waals surface area contributed by atoms with Gasteiger partial charge in [0.15, 0.2) is 6.10 Å². The summed E-state index contributed by atoms with van der Waals surface area (Å²) in [4.78, 5) is 2.23. The quantitative estimate of drug-likeness (QED) is 0.253. The van der Waals surface area contributed by atoms with Crippen molar-refractivity contribution in [2.45, 2.75) is 50.5 Å². The van der Waals surface area contributed by atoms with Crippen molar-refractivity contribution in [1.82, 2.24) is 0 Å². The van der Waals surface area contributed by atoms with Crippen molar-refractivity contribution >= 4 is 0 Å². The molecule has 0 aliphatic carbocycles. The third-order valence-electron chi connectivity index (χ3n) is 6.35. The molecule has 0 aromatic rings. The molecule has 8 heteroatoms. The maximum absolute atomic E-state index is 10.6. The molecule has 8 nitrogen and oxygen atoms in total. The molecule has 0 aromatic carbocycles. The predicted molar refractivity (Wildman–Crippen MR) is 78.5 cm³/mol. The number of nitrogens with one attached hydrogen (secondary N) is 2. The molecule has 8 N–H and O–H groups in total. The predicted octanol–water partition coefficient (Wildman–Crippen LogP) is -6.07. The Morgan fingerprint density at radius 3 is 1.74 bits per heavy atom. The molecule has 4 rings (SSSR count). The highest BCUT2D eigenvalue weighted by molar-refractivity contribution is 5.01. The second-order valence-corrected chi connectivity index (χ2v) is 8.43. The lowest BCUT2D eigenvalue weighted by Gasteiger charge is -2.63. The van der Waals surface area contributed by atoms with Gasteiger partial charge in [-0.05, 0) is 13.8 Å². The van der Waals surface area contributed by atoms with Gasteiger partial charge < -0.3 is 30.6 Å². The molecule has 4 heterocycles. The molecule has 4 aliphatic rings. The van der Waals surface area contributed by atoms with Crippen LogP contribution in [0, 0.1) is 10.8 Å². The first kappa shape index (κ1) is 17.5. The molecule has 0 spiro atoms. The van der Waals surface area contributed by atoms with Crippen LogP contribution in [0.1, 0.15) is 13.8 Å². The molecule has 0 amide bonds. The number of quaternary nitrogens is 2. The van der Waals surface area contributed by atoms with E-state index in [1.54, 1.807) is 0 Å². The fraction of sp³-hybridized carbons (Fsp3) is 1.00. The van der Waals surface area contributed by atoms with Crippen LogP contribution in [0.2, 0.25) is 0 Å². The molecular weight excluding hydrogens is 304 g/mol. The lowest BCUT2D eigenvalue weighted by molar-refractivity contribution is -1.18. The zero-order chi connectivity index (χ0) is 17.2. The third kappa shape index (κ3) is 2.52. The average molecular weight is 334 g/mol. The van der Waals surface area contributed by atoms with Crippen LogP contribution in [0.5, 0.6) is 0 Å². The largest absolute Gasteiger partial charge is 0.394 e. The van der Waals surface area contributed by atoms with Crippen molar-refractivity contribution in [2.75, 3.05) is 32.8 Å². The fourth-order valence-electron chi connectivity index (χ4n) is 5.50. The Hall–Kier alpha value is -0.320. The van der Waals surface area contributed by atoms with Gasteiger partial charge in [-0.1, -0.05) is 0 Å². The van der Waals surface area contributed by atoms with Crippen molar-refractivity contribution < 1.29 is 40.4 Å². The minimum atomic E-state index is -1.59. The summed E-state index contributed by atoms with van der Waals surface area (Å²) in [6.45, 7) is 6.29. The second-order valence-electron chi connectivity index (χ2n) is 8.43. The van der Waals surface area contributed by atoms with Gasteiger partial charge in [-0.15, -0.1) is 0 Å². The van der Waals surface area contributed by atoms with Gasteiger partial charge in [0, 0.05) is 0 Å². The van der Waals surface area contributed by atoms with Gasteiger partial charge in [-0.3, -0.25) is 9.80 Å². The molecule has 0 aromatic heterocycles. The third-order valence-corrected chi connectivity index (χ3v) is 6.35. The summed E-state index contributed by atoms with van der Waals surface area (Å²) in [7, 11) is 0. The Labute approximate surface area is 135 Å². The molecule has 134 valence electrons. The Morgan fingerprint density at radius 1 is 0.913 bits per heavy atom. The van der Waals surface area contributed by atoms with Crippen molar-refractivity contribution in [3.05, 3.63) is 0 Å². The summed E-state index contributed by atoms with van der Waals surface area (Å²) in [5.74, 6) is 0. The first-order chi connectivity index (χ1) is 10.6. The first-order valence-corrected chi connectivity index (χ1v) is 8.33. The Bertz CT molecular complexity index is 425. The van der Waals surface area contributed by atoms with E-state index >= 15 is 0 Å². The summed E-state index contributed by atoms with van der Waals surface area (Å²) in [6, 6.07) is 0. The Kier molecular flexibility index (Phi) is 4.26. The van der Waals surface area contributed by atoms with E-state index in [1.165, 1.54) is 0 Å². The summed E-state index contributed by atoms with van der Waals surface area (Å²) in [5.41, 5.74) is -0.416. The molecule has 4 fully saturated rings. The molecule has 0 unspecified atom stereocenters. The van der Waals surface area contributed by atoms with Crippen molar-refractivity contribution in [3.8, 4) is 0 Å². The minimum Gasteiger partial charge on any atom is -0.394 e. The molecule has 4 bridgehead atoms. The van der Waals surface area contributed by atoms with Gasteiger partial charge in [0.1, 0.15) is 18.3 Å². The number of piperidine rings is 2. The standard InChI is InChI=1S/C15H28N2O6/c1-14-4-16-6-15(2,13(14)23)7-17(5-14)12(16)11(22)10(21)9(20)8(19)3-18/h8-13,18-23H,3-7H2,1-2H3/p+2/t8-,9-,10+,11+,12?,13?,14?,15?/m1/s1. The van der Waals surface area contributed by atoms with Gasteiger partial charge in [-0.25, -0.2) is 0 Å². The van der Waals surface area contributed by atoms with Gasteiger partial charge in [0.05, 0.1) is 49.7 Å². The van der Waals surface area contributed by atoms with Crippen molar-refractivity contribution in [1.29, 1.82) is 0 Å². The molecule has 23 heavy (non-hydrogen) atoms. The Morgan fingerprint density at radius 2 is 1.35 bits per heavy atom. The van der Waals surface area contributed by atoms with Crippen LogP contribution >= 0.6 is 0 Å². The van der Waals surface area contributed by atoms with Crippen LogP contribution < -0.4 is 9.80 Å². The number of hydrogen-bond donors (Lipinski definition) is 8. The monoisotopic (exact) mass is 334 g/mol. The molecule has 0 saturated carbocycles. The SMILES string of the molecule is CC12C[NH+]3CC(C)(C[NH+](C1)C3[C@@H](O)[C@@H](O)[C@H](O)[C@H](O)CO)C2O. The molecule has 4 atom stereocenters. The normalized spacial score (nSPS) is 50.6. The van der Waals surface area contributed by atoms with E-state index in [-0.39, 0.29) is 23.1 Å². The zero-order valence-electron chi connectivity index (χ0n) is 13.7. The first-order valence-electron chi connectivity index (χ1n) is 8.33. The second kappa shape index (κ2) is 5.60. The van der Waals surface area contributed by atoms with Crippen LogP contribution in [0.4, 0.5) is 0 Å². The van der Waals surface area contributed by atoms with Crippen molar-refractivity contribution in [3.63, 3.8) is 0 Å². The number of aliphatic hydroxyl groups excluding tert-OH is 6. The lowest BCUT2D eigenvalue weighted by Crippen LogP contribution is -3.46. The summed E-state index contributed by atoms with van der Waals surface area (Å²) in [5, 5.41) is 59.7. The topological polar surface area (TPSA) is 130 Å². The maximum atomic E-state index is 10.6. The molecule has 4 aliphatic heterocycles. The van der Waals surface area contributed by atoms with E-state index in [0.29, 0.717) is 26.2 Å². The summed E-state index contributed by atoms with van der Waals surface area (Å²) in [6.07, 6.45) is -6.48. The summed E-state index contributed by atoms with van der Waals surface area (Å²) < 4.78 is 0. The van der Waals surface area contributed by atoms with E-state index in [1.807, 2.05) is 0 Å². The highest BCUT2D eigenvalue weighted by Crippen LogP contribution is 2.38. The minimum absolute atomic E-state index is 0.208. The zero-order valence-corrected chi connectivity index (χ0v) is 13.7. The molecule has 4 saturated heterocycles. The van der Waals surface area contributed by atoms with E-state index in [2.05, 4.69) is 13.8 Å². The highest BCUT2D eigenvalue weighted by Gasteiger charge is 2.69. The van der Waals surface area contributed by atoms with Crippen LogP contribution in [-0.2, 0) is 0 Å². The van der Waals surface area contributed by atoms with Crippen molar-refractivity contribution in [2.24, 2.45) is 10.8 Å². The van der Waals surface area contributed by atoms with Gasteiger partial charge in [0.25, 0.3) is 0 Å². The van der Waals surface area contributed by atoms with E-state index in [4.69, 9.17) is 5.11 Å². The van der Waals surface area contributed by atoms with E-state index < -0.39 is 31.0 Å². The van der Waals surface area contributed by atoms with Gasteiger partial charge in [0.2, 0.25) is 6.17 Å². The van der Waals surface area contributed by atoms with Crippen LogP contribution in [0.25, 0.3) is 0 Å². The van der Waals surface area contributed by atoms with Crippen LogP contribution in [-0.4, -0.2) is 100 Å². The van der Waals surface area contributed by atoms with E-state index in [9.17, 15) is 25.5 Å². The fourth-order valence-corrected chi connectivity index (χ4v) is 5.50. The highest BCUT2D eigenvalue weighted by atomic mass is 16.4. The van der Waals surface area contributed by atoms with Gasteiger partial charge in [-0.2, -0.15) is 0 Å². The van der Waals surface area contributed by atoms with Crippen LogP contribution in [0.15, 0.2) is 0 Å². The molecule has 0 radical (unpaired) electrons. The van der Waals surface area contributed by atoms with Gasteiger partial charge >= 0.3 is 0 Å². The average Bonchev–Trinajstić information content (AvgIpc) is 2.48. The van der Waals surface area contributed by atoms with Crippen LogP contribution in [0.3, 0.4) is 0 Å². The number of aliphatic hydroxyl groups is 6.